The molecule has 0 amide bonds. The van der Waals surface area contributed by atoms with Gasteiger partial charge < -0.3 is 0 Å². The Hall–Kier alpha value is -1.38. The van der Waals surface area contributed by atoms with E-state index < -0.39 is 0 Å². The molecule has 3 rings (SSSR count). The Balaban J connectivity index is 2.03. The van der Waals surface area contributed by atoms with Crippen molar-refractivity contribution >= 4 is 31.9 Å². The maximum absolute atomic E-state index is 3.62. The maximum Gasteiger partial charge on any atom is 0.0451 e. The lowest BCUT2D eigenvalue weighted by Gasteiger charge is -2.36. The standard InChI is InChI=1S/C27H30Br2/c1-2-3-4-5-6-10-21-27(22-11-8-7-9-12-22,23-13-17-25(28)18-14-23)24-15-19-26(29)20-16-24/h7-9,11-20H,2-6,10,21H2,1H3. The molecule has 0 bridgehead atoms. The van der Waals surface area contributed by atoms with Crippen molar-refractivity contribution in [1.82, 2.24) is 0 Å². The Kier molecular flexibility index (Phi) is 8.56. The molecule has 0 unspecified atom stereocenters. The number of halogens is 2. The minimum Gasteiger partial charge on any atom is -0.0654 e. The van der Waals surface area contributed by atoms with Crippen molar-refractivity contribution in [3.8, 4) is 0 Å². The molecule has 0 heterocycles. The molecule has 152 valence electrons. The molecular weight excluding hydrogens is 484 g/mol. The van der Waals surface area contributed by atoms with Gasteiger partial charge in [-0.3, -0.25) is 0 Å². The van der Waals surface area contributed by atoms with Crippen LogP contribution in [-0.2, 0) is 5.41 Å². The monoisotopic (exact) mass is 512 g/mol. The van der Waals surface area contributed by atoms with E-state index in [-0.39, 0.29) is 5.41 Å². The second kappa shape index (κ2) is 11.1. The first-order valence-corrected chi connectivity index (χ1v) is 12.3. The predicted octanol–water partition coefficient (Wildman–Crippen LogP) is 9.30. The van der Waals surface area contributed by atoms with E-state index in [4.69, 9.17) is 0 Å². The summed E-state index contributed by atoms with van der Waals surface area (Å²) in [6.07, 6.45) is 8.97. The molecule has 0 radical (unpaired) electrons. The van der Waals surface area contributed by atoms with Gasteiger partial charge in [0, 0.05) is 14.4 Å². The Morgan fingerprint density at radius 1 is 0.552 bits per heavy atom. The molecule has 0 saturated carbocycles. The number of hydrogen-bond acceptors (Lipinski definition) is 0. The third-order valence-corrected chi connectivity index (χ3v) is 6.90. The summed E-state index contributed by atoms with van der Waals surface area (Å²) in [4.78, 5) is 0. The van der Waals surface area contributed by atoms with E-state index in [9.17, 15) is 0 Å². The molecule has 0 fully saturated rings. The van der Waals surface area contributed by atoms with E-state index in [1.54, 1.807) is 0 Å². The second-order valence-corrected chi connectivity index (χ2v) is 9.63. The van der Waals surface area contributed by atoms with Gasteiger partial charge in [-0.15, -0.1) is 0 Å². The highest BCUT2D eigenvalue weighted by molar-refractivity contribution is 9.10. The Morgan fingerprint density at radius 2 is 1.00 bits per heavy atom. The summed E-state index contributed by atoms with van der Waals surface area (Å²) in [5.41, 5.74) is 3.97. The quantitative estimate of drug-likeness (QED) is 0.187. The smallest absolute Gasteiger partial charge is 0.0451 e. The van der Waals surface area contributed by atoms with Crippen LogP contribution >= 0.6 is 31.9 Å². The van der Waals surface area contributed by atoms with Crippen molar-refractivity contribution in [2.24, 2.45) is 0 Å². The van der Waals surface area contributed by atoms with Crippen LogP contribution in [0.3, 0.4) is 0 Å². The SMILES string of the molecule is CCCCCCCCC(c1ccccc1)(c1ccc(Br)cc1)c1ccc(Br)cc1. The molecule has 29 heavy (non-hydrogen) atoms. The van der Waals surface area contributed by atoms with Crippen molar-refractivity contribution in [3.63, 3.8) is 0 Å². The van der Waals surface area contributed by atoms with Gasteiger partial charge in [-0.05, 0) is 47.4 Å². The zero-order valence-corrected chi connectivity index (χ0v) is 20.4. The van der Waals surface area contributed by atoms with Crippen LogP contribution in [0.5, 0.6) is 0 Å². The Labute approximate surface area is 193 Å². The van der Waals surface area contributed by atoms with Gasteiger partial charge in [-0.25, -0.2) is 0 Å². The largest absolute Gasteiger partial charge is 0.0654 e. The fourth-order valence-corrected chi connectivity index (χ4v) is 4.82. The first-order valence-electron chi connectivity index (χ1n) is 10.7. The van der Waals surface area contributed by atoms with Gasteiger partial charge >= 0.3 is 0 Å². The molecule has 0 nitrogen and oxygen atoms in total. The summed E-state index contributed by atoms with van der Waals surface area (Å²) in [6.45, 7) is 2.28. The first-order chi connectivity index (χ1) is 14.2. The molecule has 2 heteroatoms. The molecule has 0 aromatic heterocycles. The van der Waals surface area contributed by atoms with E-state index in [1.807, 2.05) is 0 Å². The van der Waals surface area contributed by atoms with E-state index in [1.165, 1.54) is 55.2 Å². The van der Waals surface area contributed by atoms with Crippen LogP contribution in [0.1, 0.15) is 68.6 Å². The zero-order chi connectivity index (χ0) is 20.5. The predicted molar refractivity (Wildman–Crippen MR) is 133 cm³/mol. The Bertz CT molecular complexity index is 806. The molecular formula is C27H30Br2. The van der Waals surface area contributed by atoms with E-state index in [0.717, 1.165) is 15.4 Å². The van der Waals surface area contributed by atoms with E-state index >= 15 is 0 Å². The molecule has 0 aliphatic heterocycles. The van der Waals surface area contributed by atoms with Gasteiger partial charge in [0.05, 0.1) is 0 Å². The van der Waals surface area contributed by atoms with Crippen LogP contribution < -0.4 is 0 Å². The molecule has 0 aliphatic rings. The topological polar surface area (TPSA) is 0 Å². The van der Waals surface area contributed by atoms with Crippen LogP contribution in [0.25, 0.3) is 0 Å². The average molecular weight is 514 g/mol. The highest BCUT2D eigenvalue weighted by Crippen LogP contribution is 2.44. The Morgan fingerprint density at radius 3 is 1.52 bits per heavy atom. The van der Waals surface area contributed by atoms with E-state index in [2.05, 4.69) is 118 Å². The van der Waals surface area contributed by atoms with Gasteiger partial charge in [0.2, 0.25) is 0 Å². The molecule has 0 N–H and O–H groups in total. The first kappa shape index (κ1) is 22.3. The molecule has 3 aromatic carbocycles. The lowest BCUT2D eigenvalue weighted by atomic mass is 9.66. The van der Waals surface area contributed by atoms with Crippen molar-refractivity contribution in [2.75, 3.05) is 0 Å². The summed E-state index contributed by atoms with van der Waals surface area (Å²) >= 11 is 7.23. The maximum atomic E-state index is 3.62. The normalized spacial score (nSPS) is 11.6. The average Bonchev–Trinajstić information content (AvgIpc) is 2.76. The number of rotatable bonds is 10. The summed E-state index contributed by atoms with van der Waals surface area (Å²) in [5, 5.41) is 0. The van der Waals surface area contributed by atoms with E-state index in [0.29, 0.717) is 0 Å². The minimum atomic E-state index is -0.132. The van der Waals surface area contributed by atoms with Crippen LogP contribution in [0.2, 0.25) is 0 Å². The molecule has 0 saturated heterocycles. The molecule has 0 aliphatic carbocycles. The van der Waals surface area contributed by atoms with Crippen LogP contribution in [0.4, 0.5) is 0 Å². The highest BCUT2D eigenvalue weighted by atomic mass is 79.9. The number of benzene rings is 3. The van der Waals surface area contributed by atoms with Gasteiger partial charge in [0.25, 0.3) is 0 Å². The second-order valence-electron chi connectivity index (χ2n) is 7.80. The molecule has 3 aromatic rings. The summed E-state index contributed by atoms with van der Waals surface area (Å²) in [5.74, 6) is 0. The van der Waals surface area contributed by atoms with Crippen LogP contribution in [0.15, 0.2) is 87.8 Å². The summed E-state index contributed by atoms with van der Waals surface area (Å²) in [6, 6.07) is 28.9. The fourth-order valence-electron chi connectivity index (χ4n) is 4.29. The summed E-state index contributed by atoms with van der Waals surface area (Å²) in [7, 11) is 0. The van der Waals surface area contributed by atoms with Gasteiger partial charge in [-0.2, -0.15) is 0 Å². The lowest BCUT2D eigenvalue weighted by molar-refractivity contribution is 0.499. The number of unbranched alkanes of at least 4 members (excludes halogenated alkanes) is 5. The third kappa shape index (κ3) is 5.61. The summed E-state index contributed by atoms with van der Waals surface area (Å²) < 4.78 is 2.25. The van der Waals surface area contributed by atoms with Gasteiger partial charge in [0.1, 0.15) is 0 Å². The zero-order valence-electron chi connectivity index (χ0n) is 17.2. The highest BCUT2D eigenvalue weighted by Gasteiger charge is 2.35. The third-order valence-electron chi connectivity index (χ3n) is 5.85. The lowest BCUT2D eigenvalue weighted by Crippen LogP contribution is -2.29. The van der Waals surface area contributed by atoms with Crippen molar-refractivity contribution in [2.45, 2.75) is 57.3 Å². The van der Waals surface area contributed by atoms with Crippen molar-refractivity contribution in [1.29, 1.82) is 0 Å². The number of hydrogen-bond donors (Lipinski definition) is 0. The molecule has 0 spiro atoms. The van der Waals surface area contributed by atoms with Crippen LogP contribution in [0, 0.1) is 0 Å². The minimum absolute atomic E-state index is 0.132. The van der Waals surface area contributed by atoms with Crippen LogP contribution in [-0.4, -0.2) is 0 Å². The van der Waals surface area contributed by atoms with Crippen molar-refractivity contribution < 1.29 is 0 Å². The molecule has 0 atom stereocenters. The fraction of sp³-hybridized carbons (Fsp3) is 0.333. The van der Waals surface area contributed by atoms with Gasteiger partial charge in [-0.1, -0.05) is 132 Å². The van der Waals surface area contributed by atoms with Crippen molar-refractivity contribution in [3.05, 3.63) is 104 Å². The van der Waals surface area contributed by atoms with Gasteiger partial charge in [0.15, 0.2) is 0 Å².